The Morgan fingerprint density at radius 3 is 2.68 bits per heavy atom. The number of halogens is 3. The van der Waals surface area contributed by atoms with E-state index in [4.69, 9.17) is 4.74 Å². The SMILES string of the molecule is CCNCc1cc(C)ccc1OCCSC(F)(F)F. The predicted molar refractivity (Wildman–Crippen MR) is 72.6 cm³/mol. The molecule has 0 aliphatic rings. The molecule has 1 rings (SSSR count). The molecule has 0 aliphatic heterocycles. The van der Waals surface area contributed by atoms with Crippen LogP contribution in [0.3, 0.4) is 0 Å². The first-order valence-corrected chi connectivity index (χ1v) is 7.04. The van der Waals surface area contributed by atoms with Gasteiger partial charge in [-0.3, -0.25) is 0 Å². The van der Waals surface area contributed by atoms with Gasteiger partial charge in [0, 0.05) is 17.9 Å². The number of rotatable bonds is 7. The normalized spacial score (nSPS) is 11.6. The molecule has 0 bridgehead atoms. The van der Waals surface area contributed by atoms with E-state index in [2.05, 4.69) is 5.32 Å². The zero-order chi connectivity index (χ0) is 14.3. The summed E-state index contributed by atoms with van der Waals surface area (Å²) in [7, 11) is 0. The fourth-order valence-electron chi connectivity index (χ4n) is 1.56. The Hall–Kier alpha value is -0.880. The average Bonchev–Trinajstić information content (AvgIpc) is 2.32. The highest BCUT2D eigenvalue weighted by Gasteiger charge is 2.27. The van der Waals surface area contributed by atoms with Crippen LogP contribution < -0.4 is 10.1 Å². The summed E-state index contributed by atoms with van der Waals surface area (Å²) in [6.07, 6.45) is 0. The first-order valence-electron chi connectivity index (χ1n) is 6.06. The maximum absolute atomic E-state index is 12.0. The van der Waals surface area contributed by atoms with Gasteiger partial charge < -0.3 is 10.1 Å². The molecule has 0 amide bonds. The molecule has 0 saturated heterocycles. The summed E-state index contributed by atoms with van der Waals surface area (Å²) in [5.41, 5.74) is -2.12. The van der Waals surface area contributed by atoms with Gasteiger partial charge in [-0.1, -0.05) is 24.6 Å². The number of nitrogens with one attached hydrogen (secondary N) is 1. The molecule has 0 heterocycles. The highest BCUT2D eigenvalue weighted by atomic mass is 32.2. The maximum Gasteiger partial charge on any atom is 0.441 e. The molecule has 0 saturated carbocycles. The van der Waals surface area contributed by atoms with Gasteiger partial charge in [-0.25, -0.2) is 0 Å². The second-order valence-electron chi connectivity index (χ2n) is 4.03. The summed E-state index contributed by atoms with van der Waals surface area (Å²) in [5, 5.41) is 3.18. The van der Waals surface area contributed by atoms with Crippen LogP contribution in [-0.4, -0.2) is 24.4 Å². The van der Waals surface area contributed by atoms with E-state index in [0.29, 0.717) is 12.3 Å². The van der Waals surface area contributed by atoms with Gasteiger partial charge in [0.2, 0.25) is 0 Å². The largest absolute Gasteiger partial charge is 0.492 e. The Morgan fingerprint density at radius 2 is 2.05 bits per heavy atom. The van der Waals surface area contributed by atoms with Crippen molar-refractivity contribution < 1.29 is 17.9 Å². The van der Waals surface area contributed by atoms with E-state index in [0.717, 1.165) is 17.7 Å². The standard InChI is InChI=1S/C13H18F3NOS/c1-3-17-9-11-8-10(2)4-5-12(11)18-6-7-19-13(14,15)16/h4-5,8,17H,3,6-7,9H2,1-2H3. The molecule has 19 heavy (non-hydrogen) atoms. The number of hydrogen-bond acceptors (Lipinski definition) is 3. The van der Waals surface area contributed by atoms with Crippen molar-refractivity contribution in [3.8, 4) is 5.75 Å². The maximum atomic E-state index is 12.0. The molecule has 0 radical (unpaired) electrons. The second kappa shape index (κ2) is 7.65. The molecule has 0 unspecified atom stereocenters. The van der Waals surface area contributed by atoms with Crippen molar-refractivity contribution in [2.24, 2.45) is 0 Å². The van der Waals surface area contributed by atoms with Gasteiger partial charge in [0.25, 0.3) is 0 Å². The third-order valence-electron chi connectivity index (χ3n) is 2.39. The summed E-state index contributed by atoms with van der Waals surface area (Å²) in [4.78, 5) is 0. The minimum absolute atomic E-state index is 0.0480. The molecule has 1 N–H and O–H groups in total. The van der Waals surface area contributed by atoms with Crippen LogP contribution in [-0.2, 0) is 6.54 Å². The highest BCUT2D eigenvalue weighted by molar-refractivity contribution is 8.00. The van der Waals surface area contributed by atoms with E-state index < -0.39 is 5.51 Å². The summed E-state index contributed by atoms with van der Waals surface area (Å²) in [6, 6.07) is 5.68. The summed E-state index contributed by atoms with van der Waals surface area (Å²) < 4.78 is 41.4. The Kier molecular flexibility index (Phi) is 6.51. The topological polar surface area (TPSA) is 21.3 Å². The number of alkyl halides is 3. The van der Waals surface area contributed by atoms with E-state index >= 15 is 0 Å². The smallest absolute Gasteiger partial charge is 0.441 e. The number of benzene rings is 1. The molecule has 1 aromatic rings. The second-order valence-corrected chi connectivity index (χ2v) is 5.19. The fourth-order valence-corrected chi connectivity index (χ4v) is 1.95. The molecule has 0 fully saturated rings. The fraction of sp³-hybridized carbons (Fsp3) is 0.538. The molecule has 0 aliphatic carbocycles. The summed E-state index contributed by atoms with van der Waals surface area (Å²) in [5.74, 6) is 0.548. The van der Waals surface area contributed by atoms with E-state index in [-0.39, 0.29) is 24.1 Å². The lowest BCUT2D eigenvalue weighted by atomic mass is 10.1. The molecular formula is C13H18F3NOS. The van der Waals surface area contributed by atoms with Crippen molar-refractivity contribution >= 4 is 11.8 Å². The minimum Gasteiger partial charge on any atom is -0.492 e. The monoisotopic (exact) mass is 293 g/mol. The Bertz CT molecular complexity index is 396. The predicted octanol–water partition coefficient (Wildman–Crippen LogP) is 3.74. The van der Waals surface area contributed by atoms with Gasteiger partial charge in [0.15, 0.2) is 0 Å². The van der Waals surface area contributed by atoms with Crippen LogP contribution in [0.25, 0.3) is 0 Å². The Balaban J connectivity index is 2.52. The molecular weight excluding hydrogens is 275 g/mol. The van der Waals surface area contributed by atoms with Crippen molar-refractivity contribution in [1.29, 1.82) is 0 Å². The van der Waals surface area contributed by atoms with E-state index in [1.807, 2.05) is 26.0 Å². The Labute approximate surface area is 115 Å². The molecule has 1 aromatic carbocycles. The first-order chi connectivity index (χ1) is 8.92. The van der Waals surface area contributed by atoms with Gasteiger partial charge in [-0.05, 0) is 31.3 Å². The van der Waals surface area contributed by atoms with Crippen LogP contribution in [0.5, 0.6) is 5.75 Å². The molecule has 108 valence electrons. The van der Waals surface area contributed by atoms with Crippen LogP contribution >= 0.6 is 11.8 Å². The molecule has 6 heteroatoms. The van der Waals surface area contributed by atoms with E-state index in [1.54, 1.807) is 6.07 Å². The van der Waals surface area contributed by atoms with Crippen LogP contribution in [0, 0.1) is 6.92 Å². The van der Waals surface area contributed by atoms with Gasteiger partial charge in [-0.2, -0.15) is 13.2 Å². The van der Waals surface area contributed by atoms with Crippen LogP contribution in [0.2, 0.25) is 0 Å². The van der Waals surface area contributed by atoms with Crippen molar-refractivity contribution in [3.05, 3.63) is 29.3 Å². The Morgan fingerprint density at radius 1 is 1.32 bits per heavy atom. The van der Waals surface area contributed by atoms with Crippen LogP contribution in [0.1, 0.15) is 18.1 Å². The molecule has 0 atom stereocenters. The summed E-state index contributed by atoms with van der Waals surface area (Å²) >= 11 is -0.0609. The zero-order valence-electron chi connectivity index (χ0n) is 11.0. The minimum atomic E-state index is -4.19. The average molecular weight is 293 g/mol. The van der Waals surface area contributed by atoms with Gasteiger partial charge >= 0.3 is 5.51 Å². The van der Waals surface area contributed by atoms with Crippen molar-refractivity contribution in [1.82, 2.24) is 5.32 Å². The van der Waals surface area contributed by atoms with Gasteiger partial charge in [0.05, 0.1) is 6.61 Å². The van der Waals surface area contributed by atoms with Crippen molar-refractivity contribution in [2.75, 3.05) is 18.9 Å². The first kappa shape index (κ1) is 16.2. The van der Waals surface area contributed by atoms with Crippen molar-refractivity contribution in [3.63, 3.8) is 0 Å². The van der Waals surface area contributed by atoms with E-state index in [1.165, 1.54) is 0 Å². The lowest BCUT2D eigenvalue weighted by Crippen LogP contribution is -2.14. The third kappa shape index (κ3) is 6.73. The molecule has 0 aromatic heterocycles. The third-order valence-corrected chi connectivity index (χ3v) is 3.09. The quantitative estimate of drug-likeness (QED) is 0.774. The van der Waals surface area contributed by atoms with E-state index in [9.17, 15) is 13.2 Å². The van der Waals surface area contributed by atoms with Crippen molar-refractivity contribution in [2.45, 2.75) is 25.9 Å². The lowest BCUT2D eigenvalue weighted by molar-refractivity contribution is -0.0329. The number of thioether (sulfide) groups is 1. The zero-order valence-corrected chi connectivity index (χ0v) is 11.8. The van der Waals surface area contributed by atoms with Gasteiger partial charge in [-0.15, -0.1) is 0 Å². The molecule has 0 spiro atoms. The lowest BCUT2D eigenvalue weighted by Gasteiger charge is -2.13. The highest BCUT2D eigenvalue weighted by Crippen LogP contribution is 2.30. The van der Waals surface area contributed by atoms with Crippen LogP contribution in [0.4, 0.5) is 13.2 Å². The van der Waals surface area contributed by atoms with Gasteiger partial charge in [0.1, 0.15) is 5.75 Å². The summed E-state index contributed by atoms with van der Waals surface area (Å²) in [6.45, 7) is 5.50. The number of hydrogen-bond donors (Lipinski definition) is 1. The number of aryl methyl sites for hydroxylation is 1. The van der Waals surface area contributed by atoms with Crippen LogP contribution in [0.15, 0.2) is 18.2 Å². The molecule has 2 nitrogen and oxygen atoms in total. The number of ether oxygens (including phenoxy) is 1.